The molecule has 22 heavy (non-hydrogen) atoms. The highest BCUT2D eigenvalue weighted by atomic mass is 16.6. The molecule has 2 bridgehead atoms. The second kappa shape index (κ2) is 4.64. The molecule has 0 aliphatic carbocycles. The van der Waals surface area contributed by atoms with E-state index in [0.29, 0.717) is 24.3 Å². The van der Waals surface area contributed by atoms with Gasteiger partial charge in [-0.2, -0.15) is 0 Å². The monoisotopic (exact) mass is 304 g/mol. The quantitative estimate of drug-likeness (QED) is 0.658. The van der Waals surface area contributed by atoms with Gasteiger partial charge in [-0.25, -0.2) is 4.79 Å². The number of carbonyl (C=O) groups excluding carboxylic acids is 1. The number of aromatic nitrogens is 1. The van der Waals surface area contributed by atoms with E-state index in [-0.39, 0.29) is 5.82 Å². The summed E-state index contributed by atoms with van der Waals surface area (Å²) in [6, 6.07) is 3.68. The minimum absolute atomic E-state index is 0.231. The van der Waals surface area contributed by atoms with Crippen molar-refractivity contribution in [1.29, 1.82) is 0 Å². The highest BCUT2D eigenvalue weighted by molar-refractivity contribution is 5.90. The van der Waals surface area contributed by atoms with E-state index in [0.717, 1.165) is 25.7 Å². The number of hydrogen-bond donors (Lipinski definition) is 1. The van der Waals surface area contributed by atoms with Gasteiger partial charge in [0.2, 0.25) is 0 Å². The molecular weight excluding hydrogens is 288 g/mol. The van der Waals surface area contributed by atoms with Crippen LogP contribution in [0.3, 0.4) is 0 Å². The van der Waals surface area contributed by atoms with Gasteiger partial charge in [0, 0.05) is 31.0 Å². The van der Waals surface area contributed by atoms with Crippen LogP contribution in [0.15, 0.2) is 18.3 Å². The van der Waals surface area contributed by atoms with Crippen LogP contribution in [0, 0.1) is 10.1 Å². The molecular formula is C14H16N4O4. The van der Waals surface area contributed by atoms with Gasteiger partial charge in [0.15, 0.2) is 6.20 Å². The zero-order chi connectivity index (χ0) is 15.3. The Bertz CT molecular complexity index is 620. The molecule has 1 N–H and O–H groups in total. The van der Waals surface area contributed by atoms with Gasteiger partial charge in [-0.05, 0) is 28.8 Å². The molecule has 0 radical (unpaired) electrons. The normalized spacial score (nSPS) is 33.3. The lowest BCUT2D eigenvalue weighted by Crippen LogP contribution is -2.50. The average Bonchev–Trinajstić information content (AvgIpc) is 2.99. The van der Waals surface area contributed by atoms with Crippen molar-refractivity contribution in [1.82, 2.24) is 10.3 Å². The third-order valence-corrected chi connectivity index (χ3v) is 4.77. The Morgan fingerprint density at radius 3 is 2.68 bits per heavy atom. The molecule has 0 aromatic carbocycles. The number of piperidine rings is 1. The largest absolute Gasteiger partial charge is 0.441 e. The fourth-order valence-electron chi connectivity index (χ4n) is 3.89. The average molecular weight is 304 g/mol. The van der Waals surface area contributed by atoms with E-state index in [1.807, 2.05) is 0 Å². The van der Waals surface area contributed by atoms with Crippen LogP contribution in [0.2, 0.25) is 0 Å². The van der Waals surface area contributed by atoms with E-state index in [9.17, 15) is 14.9 Å². The molecule has 0 unspecified atom stereocenters. The molecule has 1 spiro atoms. The molecule has 4 rings (SSSR count). The molecule has 116 valence electrons. The molecule has 3 aliphatic heterocycles. The summed E-state index contributed by atoms with van der Waals surface area (Å²) < 4.78 is 5.70. The number of hydrogen-bond acceptors (Lipinski definition) is 6. The first-order chi connectivity index (χ1) is 10.5. The molecule has 3 atom stereocenters. The van der Waals surface area contributed by atoms with Crippen molar-refractivity contribution in [3.8, 4) is 0 Å². The molecule has 1 amide bonds. The third kappa shape index (κ3) is 2.10. The van der Waals surface area contributed by atoms with Gasteiger partial charge in [0.05, 0.1) is 12.2 Å². The van der Waals surface area contributed by atoms with Crippen molar-refractivity contribution in [2.45, 2.75) is 43.4 Å². The van der Waals surface area contributed by atoms with Gasteiger partial charge >= 0.3 is 11.9 Å². The minimum Gasteiger partial charge on any atom is -0.441 e. The summed E-state index contributed by atoms with van der Waals surface area (Å²) in [5, 5.41) is 14.2. The molecule has 3 saturated heterocycles. The molecule has 3 aliphatic rings. The predicted molar refractivity (Wildman–Crippen MR) is 76.6 cm³/mol. The van der Waals surface area contributed by atoms with Crippen LogP contribution in [-0.2, 0) is 4.74 Å². The smallest absolute Gasteiger partial charge is 0.415 e. The molecule has 8 heteroatoms. The van der Waals surface area contributed by atoms with Crippen LogP contribution in [0.25, 0.3) is 0 Å². The van der Waals surface area contributed by atoms with Crippen molar-refractivity contribution in [2.24, 2.45) is 0 Å². The number of nitro groups is 1. The number of fused-ring (bicyclic) bond motifs is 2. The van der Waals surface area contributed by atoms with Crippen molar-refractivity contribution >= 4 is 17.6 Å². The zero-order valence-electron chi connectivity index (χ0n) is 11.9. The minimum atomic E-state index is -0.557. The Morgan fingerprint density at radius 1 is 1.36 bits per heavy atom. The van der Waals surface area contributed by atoms with Crippen LogP contribution in [0.1, 0.15) is 25.7 Å². The lowest BCUT2D eigenvalue weighted by Gasteiger charge is -2.36. The van der Waals surface area contributed by atoms with Crippen LogP contribution in [0.4, 0.5) is 16.3 Å². The number of nitrogens with one attached hydrogen (secondary N) is 1. The first kappa shape index (κ1) is 13.4. The summed E-state index contributed by atoms with van der Waals surface area (Å²) in [4.78, 5) is 27.6. The molecule has 8 nitrogen and oxygen atoms in total. The van der Waals surface area contributed by atoms with E-state index in [1.54, 1.807) is 6.07 Å². The SMILES string of the molecule is O=C1O[C@@]2(C[C@H]3CC[C@@H](C2)N3)CN1c1ccc([N+](=O)[O-])nc1. The van der Waals surface area contributed by atoms with E-state index in [1.165, 1.54) is 17.2 Å². The standard InChI is InChI=1S/C14H16N4O4/c19-13-17(11-3-4-12(15-7-11)18(20)21)8-14(22-13)5-9-1-2-10(6-14)16-9/h3-4,7,9-10,16H,1-2,5-6,8H2/t9-,10+,14-. The summed E-state index contributed by atoms with van der Waals surface area (Å²) >= 11 is 0. The van der Waals surface area contributed by atoms with Gasteiger partial charge in [0.1, 0.15) is 5.60 Å². The summed E-state index contributed by atoms with van der Waals surface area (Å²) in [5.41, 5.74) is 0.106. The number of nitrogens with zero attached hydrogens (tertiary/aromatic N) is 3. The lowest BCUT2D eigenvalue weighted by atomic mass is 9.87. The molecule has 3 fully saturated rings. The number of carbonyl (C=O) groups is 1. The van der Waals surface area contributed by atoms with Crippen LogP contribution < -0.4 is 10.2 Å². The maximum atomic E-state index is 12.2. The summed E-state index contributed by atoms with van der Waals surface area (Å²) in [7, 11) is 0. The molecule has 1 aromatic rings. The summed E-state index contributed by atoms with van der Waals surface area (Å²) in [5.74, 6) is -0.231. The maximum Gasteiger partial charge on any atom is 0.415 e. The summed E-state index contributed by atoms with van der Waals surface area (Å²) in [6.07, 6.45) is 4.87. The summed E-state index contributed by atoms with van der Waals surface area (Å²) in [6.45, 7) is 0.486. The number of ether oxygens (including phenoxy) is 1. The first-order valence-electron chi connectivity index (χ1n) is 7.42. The van der Waals surface area contributed by atoms with Crippen LogP contribution >= 0.6 is 0 Å². The molecule has 1 aromatic heterocycles. The van der Waals surface area contributed by atoms with Gasteiger partial charge in [-0.3, -0.25) is 4.90 Å². The fourth-order valence-corrected chi connectivity index (χ4v) is 3.89. The predicted octanol–water partition coefficient (Wildman–Crippen LogP) is 1.60. The van der Waals surface area contributed by atoms with Gasteiger partial charge < -0.3 is 20.2 Å². The first-order valence-corrected chi connectivity index (χ1v) is 7.42. The second-order valence-corrected chi connectivity index (χ2v) is 6.31. The topological polar surface area (TPSA) is 97.6 Å². The van der Waals surface area contributed by atoms with Gasteiger partial charge in [-0.1, -0.05) is 0 Å². The van der Waals surface area contributed by atoms with E-state index in [4.69, 9.17) is 4.74 Å². The second-order valence-electron chi connectivity index (χ2n) is 6.31. The Labute approximate surface area is 126 Å². The maximum absolute atomic E-state index is 12.2. The van der Waals surface area contributed by atoms with E-state index < -0.39 is 16.6 Å². The number of pyridine rings is 1. The van der Waals surface area contributed by atoms with Crippen molar-refractivity contribution < 1.29 is 14.5 Å². The van der Waals surface area contributed by atoms with Gasteiger partial charge in [-0.15, -0.1) is 0 Å². The Balaban J connectivity index is 1.56. The number of rotatable bonds is 2. The van der Waals surface area contributed by atoms with Crippen molar-refractivity contribution in [3.05, 3.63) is 28.4 Å². The number of anilines is 1. The highest BCUT2D eigenvalue weighted by Gasteiger charge is 2.52. The van der Waals surface area contributed by atoms with Crippen LogP contribution in [0.5, 0.6) is 0 Å². The third-order valence-electron chi connectivity index (χ3n) is 4.77. The zero-order valence-corrected chi connectivity index (χ0v) is 11.9. The van der Waals surface area contributed by atoms with Crippen LogP contribution in [-0.4, -0.2) is 40.2 Å². The Morgan fingerprint density at radius 2 is 2.09 bits per heavy atom. The van der Waals surface area contributed by atoms with Gasteiger partial charge in [0.25, 0.3) is 0 Å². The lowest BCUT2D eigenvalue weighted by molar-refractivity contribution is -0.389. The number of amides is 1. The van der Waals surface area contributed by atoms with Crippen molar-refractivity contribution in [3.63, 3.8) is 0 Å². The Kier molecular flexibility index (Phi) is 2.83. The van der Waals surface area contributed by atoms with E-state index in [2.05, 4.69) is 10.3 Å². The highest BCUT2D eigenvalue weighted by Crippen LogP contribution is 2.41. The fraction of sp³-hybridized carbons (Fsp3) is 0.571. The van der Waals surface area contributed by atoms with E-state index >= 15 is 0 Å². The van der Waals surface area contributed by atoms with Crippen molar-refractivity contribution in [2.75, 3.05) is 11.4 Å². The molecule has 0 saturated carbocycles. The Hall–Kier alpha value is -2.22. The molecule has 4 heterocycles.